The molecule has 26 heavy (non-hydrogen) atoms. The molecule has 134 valence electrons. The van der Waals surface area contributed by atoms with Crippen LogP contribution in [0.25, 0.3) is 10.4 Å². The van der Waals surface area contributed by atoms with Crippen molar-refractivity contribution in [1.82, 2.24) is 14.9 Å². The summed E-state index contributed by atoms with van der Waals surface area (Å²) in [5.41, 5.74) is 1.55. The van der Waals surface area contributed by atoms with Crippen LogP contribution >= 0.6 is 11.3 Å². The first kappa shape index (κ1) is 18.1. The van der Waals surface area contributed by atoms with Crippen molar-refractivity contribution >= 4 is 23.0 Å². The van der Waals surface area contributed by atoms with Gasteiger partial charge in [0.15, 0.2) is 5.78 Å². The monoisotopic (exact) mass is 367 g/mol. The standard InChI is InChI=1S/C20H21N3O2S/c1-13(2)19(24)17-8-7-16(26-17)14-5-4-6-15(11-14)20(25)23(3)12-18-21-9-10-22-18/h4-11,13H,12H2,1-3H3,(H,21,22). The van der Waals surface area contributed by atoms with Crippen LogP contribution in [0, 0.1) is 5.92 Å². The Morgan fingerprint density at radius 2 is 2.04 bits per heavy atom. The van der Waals surface area contributed by atoms with Crippen LogP contribution in [0.2, 0.25) is 0 Å². The Morgan fingerprint density at radius 3 is 2.73 bits per heavy atom. The molecule has 3 aromatic rings. The van der Waals surface area contributed by atoms with Crippen molar-refractivity contribution in [2.24, 2.45) is 5.92 Å². The Bertz CT molecular complexity index is 913. The Hall–Kier alpha value is -2.73. The number of Topliss-reactive ketones (excluding diaryl/α,β-unsaturated/α-hetero) is 1. The van der Waals surface area contributed by atoms with Crippen molar-refractivity contribution in [3.05, 3.63) is 65.1 Å². The number of aromatic nitrogens is 2. The van der Waals surface area contributed by atoms with E-state index in [0.29, 0.717) is 12.1 Å². The maximum atomic E-state index is 12.7. The van der Waals surface area contributed by atoms with E-state index in [-0.39, 0.29) is 17.6 Å². The Morgan fingerprint density at radius 1 is 1.23 bits per heavy atom. The number of H-pyrrole nitrogens is 1. The van der Waals surface area contributed by atoms with E-state index in [1.807, 2.05) is 44.2 Å². The first-order valence-corrected chi connectivity index (χ1v) is 9.25. The first-order valence-electron chi connectivity index (χ1n) is 8.44. The summed E-state index contributed by atoms with van der Waals surface area (Å²) in [4.78, 5) is 35.3. The average molecular weight is 367 g/mol. The lowest BCUT2D eigenvalue weighted by Crippen LogP contribution is -2.26. The number of hydrogen-bond acceptors (Lipinski definition) is 4. The number of ketones is 1. The predicted octanol–water partition coefficient (Wildman–Crippen LogP) is 4.25. The molecule has 5 nitrogen and oxygen atoms in total. The number of benzene rings is 1. The molecule has 0 aliphatic carbocycles. The third-order valence-corrected chi connectivity index (χ3v) is 5.20. The number of nitrogens with one attached hydrogen (secondary N) is 1. The molecule has 2 aromatic heterocycles. The molecule has 1 aromatic carbocycles. The Balaban J connectivity index is 1.80. The molecule has 0 radical (unpaired) electrons. The van der Waals surface area contributed by atoms with Crippen molar-refractivity contribution in [1.29, 1.82) is 0 Å². The van der Waals surface area contributed by atoms with Gasteiger partial charge in [-0.1, -0.05) is 26.0 Å². The molecule has 0 aliphatic rings. The second-order valence-electron chi connectivity index (χ2n) is 6.46. The van der Waals surface area contributed by atoms with Crippen LogP contribution in [0.15, 0.2) is 48.8 Å². The van der Waals surface area contributed by atoms with Crippen LogP contribution < -0.4 is 0 Å². The number of aromatic amines is 1. The highest BCUT2D eigenvalue weighted by Gasteiger charge is 2.16. The van der Waals surface area contributed by atoms with Gasteiger partial charge in [-0.15, -0.1) is 11.3 Å². The van der Waals surface area contributed by atoms with Crippen LogP contribution in [0.4, 0.5) is 0 Å². The lowest BCUT2D eigenvalue weighted by Gasteiger charge is -2.16. The summed E-state index contributed by atoms with van der Waals surface area (Å²) in [7, 11) is 1.75. The van der Waals surface area contributed by atoms with E-state index >= 15 is 0 Å². The highest BCUT2D eigenvalue weighted by molar-refractivity contribution is 7.17. The molecule has 0 fully saturated rings. The van der Waals surface area contributed by atoms with Gasteiger partial charge < -0.3 is 9.88 Å². The van der Waals surface area contributed by atoms with Gasteiger partial charge in [-0.2, -0.15) is 0 Å². The van der Waals surface area contributed by atoms with Gasteiger partial charge in [0.05, 0.1) is 11.4 Å². The van der Waals surface area contributed by atoms with E-state index in [2.05, 4.69) is 9.97 Å². The third-order valence-electron chi connectivity index (χ3n) is 4.06. The number of thiophene rings is 1. The van der Waals surface area contributed by atoms with E-state index < -0.39 is 0 Å². The number of carbonyl (C=O) groups excluding carboxylic acids is 2. The zero-order valence-corrected chi connectivity index (χ0v) is 15.8. The summed E-state index contributed by atoms with van der Waals surface area (Å²) in [6.07, 6.45) is 3.40. The summed E-state index contributed by atoms with van der Waals surface area (Å²) in [6, 6.07) is 11.3. The number of nitrogens with zero attached hydrogens (tertiary/aromatic N) is 2. The maximum absolute atomic E-state index is 12.7. The average Bonchev–Trinajstić information content (AvgIpc) is 3.32. The molecule has 0 spiro atoms. The highest BCUT2D eigenvalue weighted by atomic mass is 32.1. The number of carbonyl (C=O) groups is 2. The zero-order chi connectivity index (χ0) is 18.7. The lowest BCUT2D eigenvalue weighted by molar-refractivity contribution is 0.0781. The normalized spacial score (nSPS) is 10.9. The smallest absolute Gasteiger partial charge is 0.254 e. The molecule has 0 aliphatic heterocycles. The van der Waals surface area contributed by atoms with Gasteiger partial charge in [-0.25, -0.2) is 4.98 Å². The Labute approximate surface area is 156 Å². The predicted molar refractivity (Wildman–Crippen MR) is 103 cm³/mol. The minimum absolute atomic E-state index is 0.0235. The van der Waals surface area contributed by atoms with Crippen LogP contribution in [0.5, 0.6) is 0 Å². The zero-order valence-electron chi connectivity index (χ0n) is 15.0. The van der Waals surface area contributed by atoms with Gasteiger partial charge in [0, 0.05) is 35.8 Å². The molecular weight excluding hydrogens is 346 g/mol. The van der Waals surface area contributed by atoms with Crippen LogP contribution in [-0.4, -0.2) is 33.6 Å². The van der Waals surface area contributed by atoms with Crippen molar-refractivity contribution in [3.8, 4) is 10.4 Å². The van der Waals surface area contributed by atoms with Gasteiger partial charge in [-0.3, -0.25) is 9.59 Å². The minimum Gasteiger partial charge on any atom is -0.347 e. The number of imidazole rings is 1. The van der Waals surface area contributed by atoms with E-state index in [9.17, 15) is 9.59 Å². The summed E-state index contributed by atoms with van der Waals surface area (Å²) >= 11 is 1.47. The second-order valence-corrected chi connectivity index (χ2v) is 7.54. The van der Waals surface area contributed by atoms with Crippen LogP contribution in [0.3, 0.4) is 0 Å². The molecule has 1 N–H and O–H groups in total. The van der Waals surface area contributed by atoms with Gasteiger partial charge in [0.25, 0.3) is 5.91 Å². The molecule has 3 rings (SSSR count). The first-order chi connectivity index (χ1) is 12.5. The van der Waals surface area contributed by atoms with Crippen LogP contribution in [-0.2, 0) is 6.54 Å². The fraction of sp³-hybridized carbons (Fsp3) is 0.250. The molecule has 0 saturated heterocycles. The molecule has 0 unspecified atom stereocenters. The van der Waals surface area contributed by atoms with Crippen molar-refractivity contribution < 1.29 is 9.59 Å². The van der Waals surface area contributed by atoms with Gasteiger partial charge in [0.2, 0.25) is 0 Å². The fourth-order valence-electron chi connectivity index (χ4n) is 2.62. The quantitative estimate of drug-likeness (QED) is 0.662. The van der Waals surface area contributed by atoms with E-state index in [0.717, 1.165) is 21.1 Å². The van der Waals surface area contributed by atoms with Crippen LogP contribution in [0.1, 0.15) is 39.7 Å². The number of hydrogen-bond donors (Lipinski definition) is 1. The highest BCUT2D eigenvalue weighted by Crippen LogP contribution is 2.30. The molecule has 1 amide bonds. The SMILES string of the molecule is CC(C)C(=O)c1ccc(-c2cccc(C(=O)N(C)Cc3ncc[nH]3)c2)s1. The largest absolute Gasteiger partial charge is 0.347 e. The van der Waals surface area contributed by atoms with E-state index in [4.69, 9.17) is 0 Å². The maximum Gasteiger partial charge on any atom is 0.254 e. The van der Waals surface area contributed by atoms with E-state index in [1.54, 1.807) is 30.4 Å². The topological polar surface area (TPSA) is 66.1 Å². The summed E-state index contributed by atoms with van der Waals surface area (Å²) in [6.45, 7) is 4.22. The second kappa shape index (κ2) is 7.66. The lowest BCUT2D eigenvalue weighted by atomic mass is 10.1. The number of rotatable bonds is 6. The van der Waals surface area contributed by atoms with Crippen molar-refractivity contribution in [2.75, 3.05) is 7.05 Å². The summed E-state index contributed by atoms with van der Waals surface area (Å²) < 4.78 is 0. The molecule has 0 bridgehead atoms. The number of amides is 1. The molecular formula is C20H21N3O2S. The van der Waals surface area contributed by atoms with Crippen molar-refractivity contribution in [3.63, 3.8) is 0 Å². The van der Waals surface area contributed by atoms with Gasteiger partial charge >= 0.3 is 0 Å². The van der Waals surface area contributed by atoms with Crippen molar-refractivity contribution in [2.45, 2.75) is 20.4 Å². The Kier molecular flexibility index (Phi) is 5.32. The van der Waals surface area contributed by atoms with Gasteiger partial charge in [-0.05, 0) is 29.8 Å². The third kappa shape index (κ3) is 3.91. The molecule has 0 atom stereocenters. The fourth-order valence-corrected chi connectivity index (χ4v) is 3.71. The summed E-state index contributed by atoms with van der Waals surface area (Å²) in [5, 5.41) is 0. The minimum atomic E-state index is -0.0710. The summed E-state index contributed by atoms with van der Waals surface area (Å²) in [5.74, 6) is 0.793. The molecule has 6 heteroatoms. The molecule has 2 heterocycles. The van der Waals surface area contributed by atoms with E-state index in [1.165, 1.54) is 11.3 Å². The molecule has 0 saturated carbocycles. The van der Waals surface area contributed by atoms with Gasteiger partial charge in [0.1, 0.15) is 5.82 Å².